The molecule has 1 aromatic heterocycles. The number of hydrogen-bond donors (Lipinski definition) is 1. The number of aromatic nitrogens is 2. The molecule has 1 heterocycles. The highest BCUT2D eigenvalue weighted by molar-refractivity contribution is 6.32. The highest BCUT2D eigenvalue weighted by Gasteiger charge is 2.35. The van der Waals surface area contributed by atoms with Gasteiger partial charge in [-0.05, 0) is 53.6 Å². The minimum Gasteiger partial charge on any atom is -0.487 e. The molecule has 10 heteroatoms. The predicted octanol–water partition coefficient (Wildman–Crippen LogP) is 6.25. The van der Waals surface area contributed by atoms with Gasteiger partial charge in [0.25, 0.3) is 0 Å². The average Bonchev–Trinajstić information content (AvgIpc) is 3.23. The van der Waals surface area contributed by atoms with Gasteiger partial charge in [-0.1, -0.05) is 48.0 Å². The number of nitrogens with two attached hydrogens (primary N) is 1. The van der Waals surface area contributed by atoms with Crippen LogP contribution in [0, 0.1) is 0 Å². The van der Waals surface area contributed by atoms with Crippen LogP contribution in [0.25, 0.3) is 16.8 Å². The molecule has 1 amide bonds. The highest BCUT2D eigenvalue weighted by atomic mass is 35.5. The Balaban J connectivity index is 1.52. The Morgan fingerprint density at radius 3 is 2.09 bits per heavy atom. The van der Waals surface area contributed by atoms with E-state index in [0.717, 1.165) is 21.9 Å². The number of amides is 1. The summed E-state index contributed by atoms with van der Waals surface area (Å²) in [5.41, 5.74) is 6.18. The first-order chi connectivity index (χ1) is 16.2. The predicted molar refractivity (Wildman–Crippen MR) is 120 cm³/mol. The first-order valence-corrected chi connectivity index (χ1v) is 10.3. The molecule has 174 valence electrons. The minimum atomic E-state index is -4.61. The second kappa shape index (κ2) is 9.48. The van der Waals surface area contributed by atoms with Gasteiger partial charge in [-0.25, -0.2) is 9.48 Å². The molecular formula is C24H17ClF3N3O3. The van der Waals surface area contributed by atoms with Crippen molar-refractivity contribution in [2.45, 2.75) is 12.8 Å². The van der Waals surface area contributed by atoms with E-state index in [4.69, 9.17) is 26.8 Å². The molecular weight excluding hydrogens is 471 g/mol. The number of rotatable bonds is 6. The first kappa shape index (κ1) is 23.2. The molecule has 34 heavy (non-hydrogen) atoms. The lowest BCUT2D eigenvalue weighted by Crippen LogP contribution is -2.16. The zero-order valence-corrected chi connectivity index (χ0v) is 18.2. The Morgan fingerprint density at radius 1 is 0.941 bits per heavy atom. The van der Waals surface area contributed by atoms with Crippen molar-refractivity contribution in [3.05, 3.63) is 95.3 Å². The molecule has 3 aromatic carbocycles. The topological polar surface area (TPSA) is 79.4 Å². The number of carbonyl (C=O) groups is 1. The summed E-state index contributed by atoms with van der Waals surface area (Å²) in [6.07, 6.45) is -5.51. The summed E-state index contributed by atoms with van der Waals surface area (Å²) >= 11 is 6.17. The summed E-state index contributed by atoms with van der Waals surface area (Å²) in [6, 6.07) is 21.2. The molecule has 0 spiro atoms. The minimum absolute atomic E-state index is 0.160. The molecule has 0 saturated heterocycles. The number of carbonyl (C=O) groups excluding carboxylic acids is 1. The molecule has 0 atom stereocenters. The van der Waals surface area contributed by atoms with Crippen molar-refractivity contribution < 1.29 is 27.4 Å². The fourth-order valence-corrected chi connectivity index (χ4v) is 3.44. The molecule has 0 aliphatic rings. The van der Waals surface area contributed by atoms with Crippen LogP contribution in [0.4, 0.5) is 18.0 Å². The van der Waals surface area contributed by atoms with Crippen LogP contribution in [-0.4, -0.2) is 15.9 Å². The van der Waals surface area contributed by atoms with E-state index in [9.17, 15) is 18.0 Å². The van der Waals surface area contributed by atoms with Gasteiger partial charge in [0.1, 0.15) is 18.1 Å². The molecule has 6 nitrogen and oxygen atoms in total. The first-order valence-electron chi connectivity index (χ1n) is 9.92. The normalized spacial score (nSPS) is 11.3. The highest BCUT2D eigenvalue weighted by Crippen LogP contribution is 2.31. The van der Waals surface area contributed by atoms with Crippen molar-refractivity contribution >= 4 is 17.7 Å². The van der Waals surface area contributed by atoms with E-state index in [2.05, 4.69) is 5.10 Å². The van der Waals surface area contributed by atoms with Crippen LogP contribution in [0.15, 0.2) is 78.9 Å². The molecule has 0 aliphatic heterocycles. The van der Waals surface area contributed by atoms with E-state index in [-0.39, 0.29) is 17.3 Å². The molecule has 0 unspecified atom stereocenters. The Morgan fingerprint density at radius 2 is 1.53 bits per heavy atom. The summed E-state index contributed by atoms with van der Waals surface area (Å²) in [6.45, 7) is -0.160. The van der Waals surface area contributed by atoms with Crippen molar-refractivity contribution in [1.82, 2.24) is 9.78 Å². The lowest BCUT2D eigenvalue weighted by molar-refractivity contribution is -0.141. The summed E-state index contributed by atoms with van der Waals surface area (Å²) in [7, 11) is 0. The second-order valence-electron chi connectivity index (χ2n) is 7.14. The molecule has 2 N–H and O–H groups in total. The number of hydrogen-bond acceptors (Lipinski definition) is 4. The molecule has 0 radical (unpaired) electrons. The summed E-state index contributed by atoms with van der Waals surface area (Å²) in [5.74, 6) is 0.780. The van der Waals surface area contributed by atoms with Gasteiger partial charge in [0.05, 0.1) is 16.4 Å². The standard InChI is InChI=1S/C24H17ClF3N3O3/c25-20-3-1-2-4-21(20)31-17(13-22(30-31)24(26,27)28)14-33-18-9-5-15(6-10-18)16-7-11-19(12-8-16)34-23(29)32/h1-13H,14H2,(H2,29,32). The Kier molecular flexibility index (Phi) is 6.47. The van der Waals surface area contributed by atoms with Crippen molar-refractivity contribution in [1.29, 1.82) is 0 Å². The maximum atomic E-state index is 13.3. The van der Waals surface area contributed by atoms with Gasteiger partial charge < -0.3 is 15.2 Å². The monoisotopic (exact) mass is 487 g/mol. The third-order valence-electron chi connectivity index (χ3n) is 4.80. The van der Waals surface area contributed by atoms with Gasteiger partial charge in [-0.15, -0.1) is 0 Å². The van der Waals surface area contributed by atoms with Crippen LogP contribution >= 0.6 is 11.6 Å². The van der Waals surface area contributed by atoms with Gasteiger partial charge in [0.15, 0.2) is 5.69 Å². The SMILES string of the molecule is NC(=O)Oc1ccc(-c2ccc(OCc3cc(C(F)(F)F)nn3-c3ccccc3Cl)cc2)cc1. The van der Waals surface area contributed by atoms with Crippen LogP contribution in [0.2, 0.25) is 5.02 Å². The smallest absolute Gasteiger partial charge is 0.435 e. The number of para-hydroxylation sites is 1. The molecule has 0 fully saturated rings. The zero-order chi connectivity index (χ0) is 24.3. The molecule has 4 aromatic rings. The van der Waals surface area contributed by atoms with Crippen LogP contribution in [-0.2, 0) is 12.8 Å². The number of benzene rings is 3. The number of ether oxygens (including phenoxy) is 2. The molecule has 0 bridgehead atoms. The van der Waals surface area contributed by atoms with Crippen LogP contribution in [0.1, 0.15) is 11.4 Å². The van der Waals surface area contributed by atoms with E-state index >= 15 is 0 Å². The Labute approximate surface area is 197 Å². The summed E-state index contributed by atoms with van der Waals surface area (Å²) in [5, 5.41) is 3.95. The van der Waals surface area contributed by atoms with Crippen LogP contribution in [0.3, 0.4) is 0 Å². The van der Waals surface area contributed by atoms with Crippen LogP contribution in [0.5, 0.6) is 11.5 Å². The van der Waals surface area contributed by atoms with Gasteiger partial charge in [-0.3, -0.25) is 0 Å². The van der Waals surface area contributed by atoms with E-state index < -0.39 is 18.0 Å². The van der Waals surface area contributed by atoms with Gasteiger partial charge in [-0.2, -0.15) is 18.3 Å². The van der Waals surface area contributed by atoms with Gasteiger partial charge in [0.2, 0.25) is 0 Å². The maximum Gasteiger partial charge on any atom is 0.435 e. The fourth-order valence-electron chi connectivity index (χ4n) is 3.23. The van der Waals surface area contributed by atoms with Gasteiger partial charge in [0, 0.05) is 0 Å². The average molecular weight is 488 g/mol. The number of primary amides is 1. The van der Waals surface area contributed by atoms with Crippen LogP contribution < -0.4 is 15.2 Å². The Hall–Kier alpha value is -3.98. The summed E-state index contributed by atoms with van der Waals surface area (Å²) < 4.78 is 51.5. The lowest BCUT2D eigenvalue weighted by atomic mass is 10.1. The number of halogens is 4. The number of nitrogens with zero attached hydrogens (tertiary/aromatic N) is 2. The van der Waals surface area contributed by atoms with Crippen molar-refractivity contribution in [3.8, 4) is 28.3 Å². The van der Waals surface area contributed by atoms with E-state index in [1.807, 2.05) is 0 Å². The number of alkyl halides is 3. The third-order valence-corrected chi connectivity index (χ3v) is 5.12. The zero-order valence-electron chi connectivity index (χ0n) is 17.4. The molecule has 0 aliphatic carbocycles. The molecule has 4 rings (SSSR count). The summed E-state index contributed by atoms with van der Waals surface area (Å²) in [4.78, 5) is 10.8. The Bertz CT molecular complexity index is 1300. The van der Waals surface area contributed by atoms with Gasteiger partial charge >= 0.3 is 12.3 Å². The van der Waals surface area contributed by atoms with Crippen molar-refractivity contribution in [2.24, 2.45) is 5.73 Å². The van der Waals surface area contributed by atoms with Crippen molar-refractivity contribution in [3.63, 3.8) is 0 Å². The van der Waals surface area contributed by atoms with E-state index in [1.165, 1.54) is 0 Å². The van der Waals surface area contributed by atoms with E-state index in [1.54, 1.807) is 72.8 Å². The largest absolute Gasteiger partial charge is 0.487 e. The molecule has 0 saturated carbocycles. The lowest BCUT2D eigenvalue weighted by Gasteiger charge is -2.11. The fraction of sp³-hybridized carbons (Fsp3) is 0.0833. The van der Waals surface area contributed by atoms with Crippen molar-refractivity contribution in [2.75, 3.05) is 0 Å². The quantitative estimate of drug-likeness (QED) is 0.349. The van der Waals surface area contributed by atoms with E-state index in [0.29, 0.717) is 17.2 Å². The maximum absolute atomic E-state index is 13.3. The second-order valence-corrected chi connectivity index (χ2v) is 7.55. The third kappa shape index (κ3) is 5.32.